The number of aliphatic hydroxyl groups is 2. The Morgan fingerprint density at radius 2 is 1.35 bits per heavy atom. The zero-order valence-electron chi connectivity index (χ0n) is 29.6. The van der Waals surface area contributed by atoms with Crippen LogP contribution in [0.3, 0.4) is 0 Å². The Morgan fingerprint density at radius 1 is 0.808 bits per heavy atom. The van der Waals surface area contributed by atoms with Crippen LogP contribution in [0.4, 0.5) is 11.6 Å². The highest BCUT2D eigenvalue weighted by molar-refractivity contribution is 14.3. The SMILES string of the molecule is CC(C)(O)c1nc(-c2cccc3[nH]ccc23)nc2c1OCC1COCCN21.CC(C)(O)c1nc(Cl)nc2c1OCC1COCCN21.CCC(I)(I)I. The van der Waals surface area contributed by atoms with Crippen LogP contribution in [0.1, 0.15) is 52.4 Å². The average molecular weight is 1070 g/mol. The van der Waals surface area contributed by atoms with Gasteiger partial charge < -0.3 is 43.9 Å². The Hall–Kier alpha value is -1.56. The maximum Gasteiger partial charge on any atom is 0.224 e. The van der Waals surface area contributed by atoms with E-state index in [1.807, 2.05) is 30.5 Å². The lowest BCUT2D eigenvalue weighted by atomic mass is 10.0. The zero-order valence-corrected chi connectivity index (χ0v) is 36.9. The highest BCUT2D eigenvalue weighted by Gasteiger charge is 2.39. The van der Waals surface area contributed by atoms with Crippen LogP contribution in [0, 0.1) is 0 Å². The molecule has 3 aromatic heterocycles. The molecule has 0 amide bonds. The van der Waals surface area contributed by atoms with Crippen molar-refractivity contribution >= 4 is 102 Å². The minimum absolute atomic E-state index is 0.117. The lowest BCUT2D eigenvalue weighted by Gasteiger charge is -2.41. The maximum atomic E-state index is 10.8. The molecule has 7 heterocycles. The summed E-state index contributed by atoms with van der Waals surface area (Å²) >= 11 is 13.2. The molecule has 4 aliphatic rings. The summed E-state index contributed by atoms with van der Waals surface area (Å²) in [7, 11) is 0. The molecular formula is C35H43ClI3N7O6. The summed E-state index contributed by atoms with van der Waals surface area (Å²) < 4.78 is 23.2. The minimum atomic E-state index is -1.15. The number of nitrogens with one attached hydrogen (secondary N) is 1. The third-order valence-corrected chi connectivity index (χ3v) is 11.4. The predicted molar refractivity (Wildman–Crippen MR) is 227 cm³/mol. The molecule has 2 unspecified atom stereocenters. The molecule has 0 saturated carbocycles. The second-order valence-corrected chi connectivity index (χ2v) is 25.9. The quantitative estimate of drug-likeness (QED) is 0.113. The van der Waals surface area contributed by atoms with E-state index in [2.05, 4.69) is 99.4 Å². The van der Waals surface area contributed by atoms with Gasteiger partial charge >= 0.3 is 0 Å². The number of H-pyrrole nitrogens is 1. The number of hydrogen-bond acceptors (Lipinski definition) is 12. The Labute approximate surface area is 349 Å². The second-order valence-electron chi connectivity index (χ2n) is 13.8. The third kappa shape index (κ3) is 9.10. The number of aromatic nitrogens is 5. The summed E-state index contributed by atoms with van der Waals surface area (Å²) in [5.41, 5.74) is 0.618. The lowest BCUT2D eigenvalue weighted by molar-refractivity contribution is 0.0557. The van der Waals surface area contributed by atoms with Gasteiger partial charge in [-0.05, 0) is 57.8 Å². The van der Waals surface area contributed by atoms with Gasteiger partial charge in [-0.15, -0.1) is 0 Å². The fourth-order valence-corrected chi connectivity index (χ4v) is 6.40. The number of aromatic amines is 1. The van der Waals surface area contributed by atoms with Crippen molar-refractivity contribution in [3.05, 3.63) is 47.1 Å². The molecule has 282 valence electrons. The number of rotatable bonds is 4. The van der Waals surface area contributed by atoms with Crippen molar-refractivity contribution in [2.24, 2.45) is 0 Å². The van der Waals surface area contributed by atoms with Gasteiger partial charge in [-0.2, -0.15) is 4.98 Å². The topological polar surface area (TPSA) is 151 Å². The number of morpholine rings is 2. The summed E-state index contributed by atoms with van der Waals surface area (Å²) in [4.78, 5) is 25.6. The first kappa shape index (κ1) is 40.1. The molecular weight excluding hydrogens is 1030 g/mol. The van der Waals surface area contributed by atoms with Crippen molar-refractivity contribution < 1.29 is 29.2 Å². The summed E-state index contributed by atoms with van der Waals surface area (Å²) in [6.07, 6.45) is 3.14. The van der Waals surface area contributed by atoms with Gasteiger partial charge in [0.05, 0.1) is 38.5 Å². The van der Waals surface area contributed by atoms with Gasteiger partial charge in [-0.25, -0.2) is 15.0 Å². The number of fused-ring (bicyclic) bond motifs is 7. The number of nitrogens with zero attached hydrogens (tertiary/aromatic N) is 6. The number of ether oxygens (including phenoxy) is 4. The Balaban J connectivity index is 0.000000162. The molecule has 4 aromatic rings. The smallest absolute Gasteiger partial charge is 0.224 e. The molecule has 4 aliphatic heterocycles. The summed E-state index contributed by atoms with van der Waals surface area (Å²) in [5.74, 6) is 3.08. The number of halogens is 4. The first-order valence-electron chi connectivity index (χ1n) is 17.1. The van der Waals surface area contributed by atoms with Crippen molar-refractivity contribution in [3.63, 3.8) is 0 Å². The van der Waals surface area contributed by atoms with E-state index in [4.69, 9.17) is 40.5 Å². The third-order valence-electron chi connectivity index (χ3n) is 8.90. The van der Waals surface area contributed by atoms with Crippen LogP contribution in [-0.2, 0) is 20.7 Å². The summed E-state index contributed by atoms with van der Waals surface area (Å²) in [6, 6.07) is 8.30. The van der Waals surface area contributed by atoms with E-state index < -0.39 is 11.2 Å². The average Bonchev–Trinajstić information content (AvgIpc) is 3.60. The van der Waals surface area contributed by atoms with Crippen molar-refractivity contribution in [3.8, 4) is 22.9 Å². The molecule has 13 nitrogen and oxygen atoms in total. The molecule has 1 aromatic carbocycles. The molecule has 52 heavy (non-hydrogen) atoms. The monoisotopic (exact) mass is 1070 g/mol. The molecule has 0 radical (unpaired) electrons. The van der Waals surface area contributed by atoms with E-state index in [-0.39, 0.29) is 17.4 Å². The Kier molecular flexibility index (Phi) is 12.6. The molecule has 0 spiro atoms. The minimum Gasteiger partial charge on any atom is -0.485 e. The van der Waals surface area contributed by atoms with Crippen LogP contribution in [0.25, 0.3) is 22.3 Å². The number of benzene rings is 1. The van der Waals surface area contributed by atoms with Gasteiger partial charge in [-0.3, -0.25) is 0 Å². The van der Waals surface area contributed by atoms with Gasteiger partial charge in [-0.1, -0.05) is 86.8 Å². The van der Waals surface area contributed by atoms with Crippen LogP contribution in [0.5, 0.6) is 11.5 Å². The molecule has 2 saturated heterocycles. The fraction of sp³-hybridized carbons (Fsp3) is 0.543. The van der Waals surface area contributed by atoms with Gasteiger partial charge in [0.15, 0.2) is 29.0 Å². The number of anilines is 2. The largest absolute Gasteiger partial charge is 0.485 e. The van der Waals surface area contributed by atoms with Crippen LogP contribution in [-0.4, -0.2) is 99.4 Å². The van der Waals surface area contributed by atoms with E-state index in [0.29, 0.717) is 73.6 Å². The molecule has 3 N–H and O–H groups in total. The maximum absolute atomic E-state index is 10.8. The Bertz CT molecular complexity index is 1880. The van der Waals surface area contributed by atoms with Gasteiger partial charge in [0.1, 0.15) is 35.2 Å². The van der Waals surface area contributed by atoms with Crippen molar-refractivity contribution in [2.45, 2.75) is 63.8 Å². The highest BCUT2D eigenvalue weighted by Crippen LogP contribution is 2.43. The first-order chi connectivity index (χ1) is 24.5. The number of hydrogen-bond donors (Lipinski definition) is 3. The summed E-state index contributed by atoms with van der Waals surface area (Å²) in [5, 5.41) is 22.1. The fourth-order valence-electron chi connectivity index (χ4n) is 6.24. The zero-order chi connectivity index (χ0) is 37.4. The standard InChI is InChI=1S/C20H22N4O3.C12H16ClN3O3.C3H5I3/c1-20(2,25)17-16-19(24-8-9-26-10-12(24)11-27-16)23-18(22-17)14-4-3-5-15-13(14)6-7-21-15;1-12(2,17)9-8-10(15-11(13)14-9)16-3-4-18-5-7(16)6-19-8;1-2-3(4,5)6/h3-7,12,21,25H,8-11H2,1-2H3;7,17H,3-6H2,1-2H3;2H2,1H3. The van der Waals surface area contributed by atoms with Gasteiger partial charge in [0.25, 0.3) is 0 Å². The lowest BCUT2D eigenvalue weighted by Crippen LogP contribution is -2.52. The molecule has 2 atom stereocenters. The van der Waals surface area contributed by atoms with Crippen molar-refractivity contribution in [1.29, 1.82) is 0 Å². The number of alkyl halides is 3. The van der Waals surface area contributed by atoms with Crippen LogP contribution < -0.4 is 19.3 Å². The summed E-state index contributed by atoms with van der Waals surface area (Å²) in [6.45, 7) is 14.0. The molecule has 0 aliphatic carbocycles. The first-order valence-corrected chi connectivity index (χ1v) is 20.7. The van der Waals surface area contributed by atoms with E-state index in [0.717, 1.165) is 35.4 Å². The molecule has 17 heteroatoms. The van der Waals surface area contributed by atoms with E-state index in [9.17, 15) is 10.2 Å². The van der Waals surface area contributed by atoms with Crippen LogP contribution in [0.15, 0.2) is 30.5 Å². The molecule has 2 fully saturated rings. The molecule has 8 rings (SSSR count). The van der Waals surface area contributed by atoms with E-state index in [1.165, 1.54) is 6.42 Å². The van der Waals surface area contributed by atoms with Crippen molar-refractivity contribution in [2.75, 3.05) is 62.5 Å². The Morgan fingerprint density at radius 3 is 1.88 bits per heavy atom. The van der Waals surface area contributed by atoms with E-state index >= 15 is 0 Å². The van der Waals surface area contributed by atoms with Gasteiger partial charge in [0.2, 0.25) is 5.28 Å². The van der Waals surface area contributed by atoms with E-state index in [1.54, 1.807) is 27.7 Å². The highest BCUT2D eigenvalue weighted by atomic mass is 127. The van der Waals surface area contributed by atoms with Crippen LogP contribution in [0.2, 0.25) is 5.28 Å². The van der Waals surface area contributed by atoms with Crippen LogP contribution >= 0.6 is 79.4 Å². The normalized spacial score (nSPS) is 19.8. The van der Waals surface area contributed by atoms with Gasteiger partial charge in [0, 0.05) is 35.8 Å². The van der Waals surface area contributed by atoms with Crippen molar-refractivity contribution in [1.82, 2.24) is 24.9 Å². The molecule has 0 bridgehead atoms. The second kappa shape index (κ2) is 16.3. The predicted octanol–water partition coefficient (Wildman–Crippen LogP) is 6.76.